The maximum absolute atomic E-state index is 13.6. The van der Waals surface area contributed by atoms with Gasteiger partial charge in [-0.1, -0.05) is 6.92 Å². The van der Waals surface area contributed by atoms with Crippen molar-refractivity contribution in [2.45, 2.75) is 19.8 Å². The number of benzene rings is 1. The maximum atomic E-state index is 13.6. The third-order valence-corrected chi connectivity index (χ3v) is 2.25. The van der Waals surface area contributed by atoms with Crippen LogP contribution in [0.2, 0.25) is 0 Å². The Morgan fingerprint density at radius 3 is 2.81 bits per heavy atom. The van der Waals surface area contributed by atoms with Gasteiger partial charge < -0.3 is 4.84 Å². The minimum Gasteiger partial charge on any atom is -0.370 e. The lowest BCUT2D eigenvalue weighted by molar-refractivity contribution is 0.0502. The molecule has 0 heterocycles. The van der Waals surface area contributed by atoms with Gasteiger partial charge in [0.15, 0.2) is 0 Å². The summed E-state index contributed by atoms with van der Waals surface area (Å²) in [7, 11) is 0. The van der Waals surface area contributed by atoms with E-state index in [1.807, 2.05) is 6.07 Å². The van der Waals surface area contributed by atoms with Gasteiger partial charge in [0.2, 0.25) is 0 Å². The molecule has 0 aliphatic heterocycles. The summed E-state index contributed by atoms with van der Waals surface area (Å²) in [6.07, 6.45) is 0.507. The monoisotopic (exact) mass is 222 g/mol. The molecule has 0 aliphatic rings. The van der Waals surface area contributed by atoms with E-state index in [0.29, 0.717) is 17.5 Å². The van der Waals surface area contributed by atoms with Crippen molar-refractivity contribution in [3.8, 4) is 6.07 Å². The fourth-order valence-corrected chi connectivity index (χ4v) is 1.52. The zero-order chi connectivity index (χ0) is 12.1. The third-order valence-electron chi connectivity index (χ3n) is 2.25. The van der Waals surface area contributed by atoms with Crippen LogP contribution in [-0.4, -0.2) is 5.97 Å². The molecule has 1 aromatic carbocycles. The summed E-state index contributed by atoms with van der Waals surface area (Å²) in [5.74, 6) is 3.38. The molecule has 4 nitrogen and oxygen atoms in total. The molecule has 0 radical (unpaired) electrons. The molecule has 2 N–H and O–H groups in total. The van der Waals surface area contributed by atoms with Crippen LogP contribution in [0.5, 0.6) is 0 Å². The predicted octanol–water partition coefficient (Wildman–Crippen LogP) is 1.48. The van der Waals surface area contributed by atoms with Crippen LogP contribution in [0.15, 0.2) is 12.1 Å². The lowest BCUT2D eigenvalue weighted by Crippen LogP contribution is -2.12. The van der Waals surface area contributed by atoms with Gasteiger partial charge in [-0.2, -0.15) is 11.2 Å². The van der Waals surface area contributed by atoms with E-state index in [4.69, 9.17) is 11.2 Å². The number of rotatable bonds is 3. The predicted molar refractivity (Wildman–Crippen MR) is 54.7 cm³/mol. The molecule has 1 aromatic rings. The van der Waals surface area contributed by atoms with Crippen molar-refractivity contribution in [3.05, 3.63) is 34.6 Å². The quantitative estimate of drug-likeness (QED) is 0.786. The molecule has 5 heteroatoms. The Hall–Kier alpha value is -1.93. The summed E-state index contributed by atoms with van der Waals surface area (Å²) < 4.78 is 13.6. The number of nitrogens with zero attached hydrogens (tertiary/aromatic N) is 1. The summed E-state index contributed by atoms with van der Waals surface area (Å²) >= 11 is 0. The molecule has 0 saturated heterocycles. The molecule has 0 saturated carbocycles. The summed E-state index contributed by atoms with van der Waals surface area (Å²) in [5.41, 5.74) is 0.947. The van der Waals surface area contributed by atoms with E-state index in [9.17, 15) is 9.18 Å². The lowest BCUT2D eigenvalue weighted by atomic mass is 9.99. The standard InChI is InChI=1S/C11H11FN2O2/c1-2-9-7(3-4-13)5-8(6-10(9)12)11(15)16-14/h5-6H,2-3,14H2,1H3. The number of halogens is 1. The first-order valence-electron chi connectivity index (χ1n) is 4.73. The van der Waals surface area contributed by atoms with Gasteiger partial charge in [0.25, 0.3) is 0 Å². The fourth-order valence-electron chi connectivity index (χ4n) is 1.52. The molecule has 0 fully saturated rings. The second-order valence-electron chi connectivity index (χ2n) is 3.19. The van der Waals surface area contributed by atoms with Gasteiger partial charge >= 0.3 is 5.97 Å². The first-order valence-corrected chi connectivity index (χ1v) is 4.73. The van der Waals surface area contributed by atoms with Gasteiger partial charge in [-0.05, 0) is 29.7 Å². The van der Waals surface area contributed by atoms with Gasteiger partial charge in [0, 0.05) is 0 Å². The van der Waals surface area contributed by atoms with Crippen LogP contribution < -0.4 is 5.90 Å². The minimum atomic E-state index is -0.819. The summed E-state index contributed by atoms with van der Waals surface area (Å²) in [6, 6.07) is 4.42. The Bertz CT molecular complexity index is 452. The van der Waals surface area contributed by atoms with Crippen LogP contribution in [0, 0.1) is 17.1 Å². The molecular weight excluding hydrogens is 211 g/mol. The van der Waals surface area contributed by atoms with Crippen LogP contribution in [0.25, 0.3) is 0 Å². The molecule has 0 spiro atoms. The Labute approximate surface area is 92.4 Å². The Kier molecular flexibility index (Phi) is 3.97. The highest BCUT2D eigenvalue weighted by atomic mass is 19.1. The maximum Gasteiger partial charge on any atom is 0.356 e. The number of nitrogens with two attached hydrogens (primary N) is 1. The number of hydrogen-bond acceptors (Lipinski definition) is 4. The molecule has 0 bridgehead atoms. The fraction of sp³-hybridized carbons (Fsp3) is 0.273. The van der Waals surface area contributed by atoms with Crippen LogP contribution in [0.4, 0.5) is 4.39 Å². The lowest BCUT2D eigenvalue weighted by Gasteiger charge is -2.08. The van der Waals surface area contributed by atoms with Gasteiger partial charge in [0.05, 0.1) is 18.1 Å². The van der Waals surface area contributed by atoms with Crippen LogP contribution in [0.3, 0.4) is 0 Å². The van der Waals surface area contributed by atoms with Crippen molar-refractivity contribution in [3.63, 3.8) is 0 Å². The summed E-state index contributed by atoms with van der Waals surface area (Å²) in [5, 5.41) is 8.60. The van der Waals surface area contributed by atoms with Gasteiger partial charge in [-0.25, -0.2) is 9.18 Å². The summed E-state index contributed by atoms with van der Waals surface area (Å²) in [4.78, 5) is 15.1. The Balaban J connectivity index is 3.28. The number of carbonyl (C=O) groups is 1. The van der Waals surface area contributed by atoms with E-state index in [-0.39, 0.29) is 12.0 Å². The third kappa shape index (κ3) is 2.35. The van der Waals surface area contributed by atoms with Gasteiger partial charge in [-0.3, -0.25) is 0 Å². The van der Waals surface area contributed by atoms with Gasteiger partial charge in [0.1, 0.15) is 5.82 Å². The number of carbonyl (C=O) groups excluding carboxylic acids is 1. The molecular formula is C11H11FN2O2. The second kappa shape index (κ2) is 5.24. The van der Waals surface area contributed by atoms with Crippen molar-refractivity contribution in [1.82, 2.24) is 0 Å². The molecule has 0 unspecified atom stereocenters. The molecule has 0 atom stereocenters. The highest BCUT2D eigenvalue weighted by Crippen LogP contribution is 2.18. The highest BCUT2D eigenvalue weighted by molar-refractivity contribution is 5.89. The molecule has 0 aliphatic carbocycles. The largest absolute Gasteiger partial charge is 0.370 e. The van der Waals surface area contributed by atoms with Crippen molar-refractivity contribution in [2.24, 2.45) is 5.90 Å². The second-order valence-corrected chi connectivity index (χ2v) is 3.19. The normalized spacial score (nSPS) is 9.62. The van der Waals surface area contributed by atoms with E-state index in [0.717, 1.165) is 6.07 Å². The highest BCUT2D eigenvalue weighted by Gasteiger charge is 2.14. The van der Waals surface area contributed by atoms with E-state index in [1.165, 1.54) is 6.07 Å². The first kappa shape index (κ1) is 12.1. The molecule has 1 rings (SSSR count). The SMILES string of the molecule is CCc1c(F)cc(C(=O)ON)cc1CC#N. The van der Waals surface area contributed by atoms with Crippen LogP contribution in [-0.2, 0) is 17.7 Å². The van der Waals surface area contributed by atoms with E-state index >= 15 is 0 Å². The van der Waals surface area contributed by atoms with E-state index < -0.39 is 11.8 Å². The molecule has 0 amide bonds. The molecule has 16 heavy (non-hydrogen) atoms. The van der Waals surface area contributed by atoms with Crippen molar-refractivity contribution in [1.29, 1.82) is 5.26 Å². The minimum absolute atomic E-state index is 0.0162. The van der Waals surface area contributed by atoms with Crippen molar-refractivity contribution in [2.75, 3.05) is 0 Å². The topological polar surface area (TPSA) is 76.1 Å². The van der Waals surface area contributed by atoms with Crippen molar-refractivity contribution < 1.29 is 14.0 Å². The first-order chi connectivity index (χ1) is 7.63. The average Bonchev–Trinajstić information content (AvgIpc) is 2.28. The van der Waals surface area contributed by atoms with E-state index in [2.05, 4.69) is 4.84 Å². The smallest absolute Gasteiger partial charge is 0.356 e. The van der Waals surface area contributed by atoms with Crippen molar-refractivity contribution >= 4 is 5.97 Å². The summed E-state index contributed by atoms with van der Waals surface area (Å²) in [6.45, 7) is 1.78. The number of nitriles is 1. The zero-order valence-electron chi connectivity index (χ0n) is 8.79. The molecule has 84 valence electrons. The molecule has 0 aromatic heterocycles. The van der Waals surface area contributed by atoms with Crippen LogP contribution >= 0.6 is 0 Å². The average molecular weight is 222 g/mol. The zero-order valence-corrected chi connectivity index (χ0v) is 8.79. The Morgan fingerprint density at radius 2 is 2.31 bits per heavy atom. The number of hydrogen-bond donors (Lipinski definition) is 1. The van der Waals surface area contributed by atoms with Crippen LogP contribution in [0.1, 0.15) is 28.4 Å². The van der Waals surface area contributed by atoms with E-state index in [1.54, 1.807) is 6.92 Å². The van der Waals surface area contributed by atoms with Gasteiger partial charge in [-0.15, -0.1) is 0 Å². The Morgan fingerprint density at radius 1 is 1.62 bits per heavy atom.